The topological polar surface area (TPSA) is 76.1 Å². The predicted molar refractivity (Wildman–Crippen MR) is 88.3 cm³/mol. The van der Waals surface area contributed by atoms with Gasteiger partial charge in [-0.05, 0) is 36.8 Å². The first-order valence-corrected chi connectivity index (χ1v) is 7.18. The summed E-state index contributed by atoms with van der Waals surface area (Å²) >= 11 is 0. The van der Waals surface area contributed by atoms with Crippen molar-refractivity contribution in [3.8, 4) is 0 Å². The lowest BCUT2D eigenvalue weighted by Gasteiger charge is -2.09. The van der Waals surface area contributed by atoms with Crippen molar-refractivity contribution in [3.05, 3.63) is 60.5 Å². The Hall–Kier alpha value is -3.28. The zero-order chi connectivity index (χ0) is 15.6. The molecular formula is C17H14N4O2. The molecule has 6 heteroatoms. The van der Waals surface area contributed by atoms with Crippen molar-refractivity contribution in [3.63, 3.8) is 0 Å². The van der Waals surface area contributed by atoms with Crippen LogP contribution in [0, 0.1) is 6.92 Å². The van der Waals surface area contributed by atoms with Gasteiger partial charge in [0.15, 0.2) is 5.58 Å². The van der Waals surface area contributed by atoms with Gasteiger partial charge in [-0.3, -0.25) is 0 Å². The first kappa shape index (κ1) is 13.4. The molecular weight excluding hydrogens is 292 g/mol. The number of para-hydroxylation sites is 2. The monoisotopic (exact) mass is 306 g/mol. The summed E-state index contributed by atoms with van der Waals surface area (Å²) in [6, 6.07) is 14.5. The van der Waals surface area contributed by atoms with Crippen LogP contribution in [0.3, 0.4) is 0 Å². The normalized spacial score (nSPS) is 10.8. The van der Waals surface area contributed by atoms with Crippen LogP contribution in [0.4, 0.5) is 23.4 Å². The third kappa shape index (κ3) is 2.74. The van der Waals surface area contributed by atoms with Crippen molar-refractivity contribution < 1.29 is 8.83 Å². The van der Waals surface area contributed by atoms with E-state index in [9.17, 15) is 0 Å². The molecule has 114 valence electrons. The van der Waals surface area contributed by atoms with Crippen molar-refractivity contribution in [1.82, 2.24) is 9.97 Å². The SMILES string of the molecule is Cc1ccc(Nc2nc3ccccc3o2)cc1Nc1ncco1. The highest BCUT2D eigenvalue weighted by atomic mass is 16.4. The maximum Gasteiger partial charge on any atom is 0.300 e. The molecule has 0 spiro atoms. The Morgan fingerprint density at radius 1 is 1.00 bits per heavy atom. The number of benzene rings is 2. The van der Waals surface area contributed by atoms with E-state index in [1.807, 2.05) is 49.4 Å². The van der Waals surface area contributed by atoms with Gasteiger partial charge in [-0.15, -0.1) is 0 Å². The van der Waals surface area contributed by atoms with Crippen molar-refractivity contribution in [2.75, 3.05) is 10.6 Å². The van der Waals surface area contributed by atoms with Gasteiger partial charge in [0.1, 0.15) is 11.8 Å². The van der Waals surface area contributed by atoms with E-state index >= 15 is 0 Å². The molecule has 6 nitrogen and oxygen atoms in total. The highest BCUT2D eigenvalue weighted by molar-refractivity contribution is 5.75. The summed E-state index contributed by atoms with van der Waals surface area (Å²) in [6.45, 7) is 2.01. The molecule has 2 aromatic carbocycles. The van der Waals surface area contributed by atoms with E-state index in [2.05, 4.69) is 20.6 Å². The second kappa shape index (κ2) is 5.49. The van der Waals surface area contributed by atoms with E-state index in [0.29, 0.717) is 12.0 Å². The zero-order valence-electron chi connectivity index (χ0n) is 12.4. The fourth-order valence-corrected chi connectivity index (χ4v) is 2.28. The second-order valence-electron chi connectivity index (χ2n) is 5.10. The van der Waals surface area contributed by atoms with Crippen LogP contribution in [0.2, 0.25) is 0 Å². The number of hydrogen-bond donors (Lipinski definition) is 2. The van der Waals surface area contributed by atoms with Crippen molar-refractivity contribution >= 4 is 34.5 Å². The van der Waals surface area contributed by atoms with Crippen LogP contribution in [0.15, 0.2) is 63.8 Å². The Kier molecular flexibility index (Phi) is 3.20. The maximum absolute atomic E-state index is 5.67. The van der Waals surface area contributed by atoms with E-state index in [1.54, 1.807) is 6.20 Å². The molecule has 2 N–H and O–H groups in total. The van der Waals surface area contributed by atoms with E-state index in [-0.39, 0.29) is 0 Å². The minimum atomic E-state index is 0.451. The average molecular weight is 306 g/mol. The molecule has 0 aliphatic heterocycles. The largest absolute Gasteiger partial charge is 0.432 e. The van der Waals surface area contributed by atoms with E-state index < -0.39 is 0 Å². The average Bonchev–Trinajstić information content (AvgIpc) is 3.19. The smallest absolute Gasteiger partial charge is 0.300 e. The highest BCUT2D eigenvalue weighted by Gasteiger charge is 2.07. The van der Waals surface area contributed by atoms with Gasteiger partial charge in [0, 0.05) is 11.4 Å². The molecule has 0 saturated carbocycles. The minimum Gasteiger partial charge on any atom is -0.432 e. The van der Waals surface area contributed by atoms with Gasteiger partial charge in [0.05, 0.1) is 6.20 Å². The Morgan fingerprint density at radius 2 is 1.91 bits per heavy atom. The third-order valence-corrected chi connectivity index (χ3v) is 3.46. The third-order valence-electron chi connectivity index (χ3n) is 3.46. The number of hydrogen-bond acceptors (Lipinski definition) is 6. The summed E-state index contributed by atoms with van der Waals surface area (Å²) in [7, 11) is 0. The van der Waals surface area contributed by atoms with Gasteiger partial charge < -0.3 is 19.5 Å². The molecule has 0 aliphatic carbocycles. The van der Waals surface area contributed by atoms with Gasteiger partial charge in [-0.1, -0.05) is 18.2 Å². The summed E-state index contributed by atoms with van der Waals surface area (Å²) in [6.07, 6.45) is 3.12. The van der Waals surface area contributed by atoms with Gasteiger partial charge in [-0.25, -0.2) is 4.98 Å². The standard InChI is InChI=1S/C17H14N4O2/c1-11-6-7-12(10-14(11)21-16-18-8-9-22-16)19-17-20-13-4-2-3-5-15(13)23-17/h2-10H,1H3,(H,18,21)(H,19,20). The molecule has 0 atom stereocenters. The second-order valence-corrected chi connectivity index (χ2v) is 5.10. The number of oxazole rings is 2. The molecule has 23 heavy (non-hydrogen) atoms. The van der Waals surface area contributed by atoms with Crippen molar-refractivity contribution in [1.29, 1.82) is 0 Å². The minimum absolute atomic E-state index is 0.451. The number of anilines is 4. The molecule has 0 radical (unpaired) electrons. The van der Waals surface area contributed by atoms with Gasteiger partial charge in [-0.2, -0.15) is 4.98 Å². The summed E-state index contributed by atoms with van der Waals surface area (Å²) < 4.78 is 10.9. The molecule has 0 amide bonds. The summed E-state index contributed by atoms with van der Waals surface area (Å²) in [5.41, 5.74) is 4.40. The van der Waals surface area contributed by atoms with Crippen LogP contribution in [-0.4, -0.2) is 9.97 Å². The summed E-state index contributed by atoms with van der Waals surface area (Å²) in [5, 5.41) is 6.31. The van der Waals surface area contributed by atoms with E-state index in [1.165, 1.54) is 6.26 Å². The zero-order valence-corrected chi connectivity index (χ0v) is 12.4. The Morgan fingerprint density at radius 3 is 2.74 bits per heavy atom. The molecule has 2 aromatic heterocycles. The number of nitrogens with zero attached hydrogens (tertiary/aromatic N) is 2. The maximum atomic E-state index is 5.67. The lowest BCUT2D eigenvalue weighted by Crippen LogP contribution is -1.96. The number of fused-ring (bicyclic) bond motifs is 1. The molecule has 0 fully saturated rings. The van der Waals surface area contributed by atoms with Crippen LogP contribution in [-0.2, 0) is 0 Å². The Bertz CT molecular complexity index is 911. The first-order valence-electron chi connectivity index (χ1n) is 7.18. The van der Waals surface area contributed by atoms with Gasteiger partial charge in [0.25, 0.3) is 12.0 Å². The number of nitrogens with one attached hydrogen (secondary N) is 2. The fourth-order valence-electron chi connectivity index (χ4n) is 2.28. The Labute approximate surface area is 132 Å². The molecule has 4 rings (SSSR count). The number of aryl methyl sites for hydroxylation is 1. The van der Waals surface area contributed by atoms with E-state index in [4.69, 9.17) is 8.83 Å². The molecule has 0 bridgehead atoms. The highest BCUT2D eigenvalue weighted by Crippen LogP contribution is 2.27. The Balaban J connectivity index is 1.61. The first-order chi connectivity index (χ1) is 11.3. The van der Waals surface area contributed by atoms with Gasteiger partial charge in [0.2, 0.25) is 0 Å². The van der Waals surface area contributed by atoms with E-state index in [0.717, 1.165) is 28.0 Å². The molecule has 2 heterocycles. The fraction of sp³-hybridized carbons (Fsp3) is 0.0588. The molecule has 4 aromatic rings. The van der Waals surface area contributed by atoms with Crippen LogP contribution in [0.5, 0.6) is 0 Å². The van der Waals surface area contributed by atoms with Crippen LogP contribution >= 0.6 is 0 Å². The lowest BCUT2D eigenvalue weighted by molar-refractivity contribution is 0.578. The summed E-state index contributed by atoms with van der Waals surface area (Å²) in [5.74, 6) is 0. The number of rotatable bonds is 4. The van der Waals surface area contributed by atoms with Crippen molar-refractivity contribution in [2.45, 2.75) is 6.92 Å². The van der Waals surface area contributed by atoms with Gasteiger partial charge >= 0.3 is 0 Å². The molecule has 0 aliphatic rings. The van der Waals surface area contributed by atoms with Crippen molar-refractivity contribution in [2.24, 2.45) is 0 Å². The lowest BCUT2D eigenvalue weighted by atomic mass is 10.2. The number of aromatic nitrogens is 2. The molecule has 0 saturated heterocycles. The molecule has 0 unspecified atom stereocenters. The van der Waals surface area contributed by atoms with Crippen LogP contribution in [0.1, 0.15) is 5.56 Å². The quantitative estimate of drug-likeness (QED) is 0.573. The van der Waals surface area contributed by atoms with Crippen LogP contribution in [0.25, 0.3) is 11.1 Å². The van der Waals surface area contributed by atoms with Crippen LogP contribution < -0.4 is 10.6 Å². The predicted octanol–water partition coefficient (Wildman–Crippen LogP) is 4.61. The summed E-state index contributed by atoms with van der Waals surface area (Å²) in [4.78, 5) is 8.47.